The first-order valence-corrected chi connectivity index (χ1v) is 5.95. The van der Waals surface area contributed by atoms with Crippen LogP contribution in [0.5, 0.6) is 5.75 Å². The van der Waals surface area contributed by atoms with Crippen LogP contribution in [0.25, 0.3) is 0 Å². The molecule has 4 heteroatoms. The summed E-state index contributed by atoms with van der Waals surface area (Å²) in [6.45, 7) is 3.53. The number of nitrogens with zero attached hydrogens (tertiary/aromatic N) is 1. The number of hydrogen-bond acceptors (Lipinski definition) is 3. The number of methoxy groups -OCH3 is 1. The monoisotopic (exact) mass is 246 g/mol. The molecule has 0 saturated carbocycles. The summed E-state index contributed by atoms with van der Waals surface area (Å²) in [7, 11) is 3.40. The first-order chi connectivity index (χ1) is 8.63. The van der Waals surface area contributed by atoms with Crippen LogP contribution in [0.15, 0.2) is 35.4 Å². The van der Waals surface area contributed by atoms with Gasteiger partial charge in [-0.1, -0.05) is 6.07 Å². The second kappa shape index (κ2) is 5.23. The van der Waals surface area contributed by atoms with Crippen LogP contribution in [0, 0.1) is 0 Å². The molecule has 1 aliphatic rings. The first-order valence-electron chi connectivity index (χ1n) is 5.95. The molecule has 96 valence electrons. The van der Waals surface area contributed by atoms with E-state index in [-0.39, 0.29) is 5.91 Å². The summed E-state index contributed by atoms with van der Waals surface area (Å²) < 4.78 is 5.17. The van der Waals surface area contributed by atoms with E-state index in [0.717, 1.165) is 30.1 Å². The van der Waals surface area contributed by atoms with Crippen LogP contribution < -0.4 is 15.0 Å². The predicted octanol–water partition coefficient (Wildman–Crippen LogP) is 1.58. The third kappa shape index (κ3) is 2.38. The van der Waals surface area contributed by atoms with Crippen LogP contribution in [0.3, 0.4) is 0 Å². The fourth-order valence-electron chi connectivity index (χ4n) is 1.85. The summed E-state index contributed by atoms with van der Waals surface area (Å²) in [5.74, 6) is 0.794. The molecule has 1 N–H and O–H groups in total. The molecule has 1 heterocycles. The molecule has 1 saturated heterocycles. The lowest BCUT2D eigenvalue weighted by molar-refractivity contribution is -0.114. The lowest BCUT2D eigenvalue weighted by Gasteiger charge is -2.24. The van der Waals surface area contributed by atoms with E-state index < -0.39 is 0 Å². The highest BCUT2D eigenvalue weighted by Crippen LogP contribution is 2.22. The Morgan fingerprint density at radius 3 is 2.67 bits per heavy atom. The fourth-order valence-corrected chi connectivity index (χ4v) is 1.85. The van der Waals surface area contributed by atoms with Crippen LogP contribution in [-0.2, 0) is 4.79 Å². The van der Waals surface area contributed by atoms with E-state index in [1.807, 2.05) is 31.2 Å². The number of carbonyl (C=O) groups excluding carboxylic acids is 1. The summed E-state index contributed by atoms with van der Waals surface area (Å²) in [5, 5.41) is 3.15. The Bertz CT molecular complexity index is 488. The number of rotatable bonds is 3. The number of ether oxygens (including phenoxy) is 1. The molecule has 0 atom stereocenters. The average molecular weight is 246 g/mol. The minimum Gasteiger partial charge on any atom is -0.497 e. The maximum atomic E-state index is 12.3. The Hall–Kier alpha value is -1.81. The largest absolute Gasteiger partial charge is 0.497 e. The topological polar surface area (TPSA) is 41.6 Å². The number of likely N-dealkylation sites (N-methyl/N-ethyl adjacent to an activating group) is 1. The van der Waals surface area contributed by atoms with E-state index in [1.165, 1.54) is 5.57 Å². The van der Waals surface area contributed by atoms with E-state index in [9.17, 15) is 4.79 Å². The Balaban J connectivity index is 2.19. The number of amides is 1. The number of carbonyl (C=O) groups is 1. The van der Waals surface area contributed by atoms with E-state index >= 15 is 0 Å². The molecule has 0 bridgehead atoms. The summed E-state index contributed by atoms with van der Waals surface area (Å²) in [5.41, 5.74) is 2.86. The fraction of sp³-hybridized carbons (Fsp3) is 0.357. The first kappa shape index (κ1) is 12.6. The molecule has 0 spiro atoms. The van der Waals surface area contributed by atoms with Crippen LogP contribution in [-0.4, -0.2) is 33.2 Å². The molecule has 0 aromatic heterocycles. The predicted molar refractivity (Wildman–Crippen MR) is 72.0 cm³/mol. The number of nitrogens with one attached hydrogen (secondary N) is 1. The quantitative estimate of drug-likeness (QED) is 0.823. The molecule has 0 radical (unpaired) electrons. The molecule has 0 aliphatic carbocycles. The van der Waals surface area contributed by atoms with E-state index in [4.69, 9.17) is 4.74 Å². The zero-order valence-electron chi connectivity index (χ0n) is 11.0. The Morgan fingerprint density at radius 1 is 1.39 bits per heavy atom. The summed E-state index contributed by atoms with van der Waals surface area (Å²) >= 11 is 0. The van der Waals surface area contributed by atoms with Gasteiger partial charge in [-0.2, -0.15) is 0 Å². The van der Waals surface area contributed by atoms with Gasteiger partial charge in [-0.05, 0) is 24.6 Å². The molecule has 1 aliphatic heterocycles. The second-order valence-electron chi connectivity index (χ2n) is 4.40. The number of benzene rings is 1. The minimum atomic E-state index is 0.0414. The van der Waals surface area contributed by atoms with Crippen molar-refractivity contribution in [2.45, 2.75) is 6.92 Å². The molecule has 1 fully saturated rings. The van der Waals surface area contributed by atoms with Gasteiger partial charge in [-0.25, -0.2) is 0 Å². The lowest BCUT2D eigenvalue weighted by Crippen LogP contribution is -2.38. The molecule has 4 nitrogen and oxygen atoms in total. The second-order valence-corrected chi connectivity index (χ2v) is 4.40. The van der Waals surface area contributed by atoms with Crippen LogP contribution in [0.4, 0.5) is 5.69 Å². The van der Waals surface area contributed by atoms with Gasteiger partial charge < -0.3 is 15.0 Å². The van der Waals surface area contributed by atoms with Crippen molar-refractivity contribution in [2.24, 2.45) is 0 Å². The third-order valence-corrected chi connectivity index (χ3v) is 3.27. The van der Waals surface area contributed by atoms with Crippen LogP contribution in [0.1, 0.15) is 6.92 Å². The summed E-state index contributed by atoms with van der Waals surface area (Å²) in [6, 6.07) is 7.50. The zero-order valence-corrected chi connectivity index (χ0v) is 11.0. The van der Waals surface area contributed by atoms with Gasteiger partial charge in [-0.3, -0.25) is 4.79 Å². The van der Waals surface area contributed by atoms with Crippen molar-refractivity contribution >= 4 is 11.6 Å². The lowest BCUT2D eigenvalue weighted by atomic mass is 10.0. The highest BCUT2D eigenvalue weighted by atomic mass is 16.5. The Morgan fingerprint density at radius 2 is 2.11 bits per heavy atom. The van der Waals surface area contributed by atoms with E-state index in [0.29, 0.717) is 0 Å². The smallest absolute Gasteiger partial charge is 0.253 e. The Kier molecular flexibility index (Phi) is 3.67. The molecule has 1 amide bonds. The SMILES string of the molecule is COc1cccc(N(C)C(=O)C(C)=C2CNC2)c1. The van der Waals surface area contributed by atoms with Crippen molar-refractivity contribution in [1.82, 2.24) is 5.32 Å². The normalized spacial score (nSPS) is 13.8. The van der Waals surface area contributed by atoms with Crippen molar-refractivity contribution in [3.63, 3.8) is 0 Å². The van der Waals surface area contributed by atoms with Crippen LogP contribution >= 0.6 is 0 Å². The number of anilines is 1. The van der Waals surface area contributed by atoms with Crippen molar-refractivity contribution in [1.29, 1.82) is 0 Å². The van der Waals surface area contributed by atoms with E-state index in [1.54, 1.807) is 19.1 Å². The maximum absolute atomic E-state index is 12.3. The van der Waals surface area contributed by atoms with Gasteiger partial charge in [0.1, 0.15) is 5.75 Å². The molecule has 1 aromatic rings. The molecule has 1 aromatic carbocycles. The molecular formula is C14H18N2O2. The van der Waals surface area contributed by atoms with Gasteiger partial charge in [0, 0.05) is 37.5 Å². The molecular weight excluding hydrogens is 228 g/mol. The van der Waals surface area contributed by atoms with Crippen molar-refractivity contribution in [3.05, 3.63) is 35.4 Å². The van der Waals surface area contributed by atoms with Gasteiger partial charge in [0.15, 0.2) is 0 Å². The van der Waals surface area contributed by atoms with Crippen LogP contribution in [0.2, 0.25) is 0 Å². The highest BCUT2D eigenvalue weighted by molar-refractivity contribution is 6.05. The Labute approximate surface area is 107 Å². The summed E-state index contributed by atoms with van der Waals surface area (Å²) in [4.78, 5) is 13.9. The van der Waals surface area contributed by atoms with Gasteiger partial charge in [-0.15, -0.1) is 0 Å². The zero-order chi connectivity index (χ0) is 13.1. The highest BCUT2D eigenvalue weighted by Gasteiger charge is 2.19. The van der Waals surface area contributed by atoms with Gasteiger partial charge in [0.05, 0.1) is 7.11 Å². The van der Waals surface area contributed by atoms with Crippen molar-refractivity contribution in [2.75, 3.05) is 32.1 Å². The minimum absolute atomic E-state index is 0.0414. The molecule has 18 heavy (non-hydrogen) atoms. The van der Waals surface area contributed by atoms with Gasteiger partial charge in [0.25, 0.3) is 5.91 Å². The standard InChI is InChI=1S/C14H18N2O2/c1-10(11-8-15-9-11)14(17)16(2)12-5-4-6-13(7-12)18-3/h4-7,15H,8-9H2,1-3H3. The average Bonchev–Trinajstić information content (AvgIpc) is 2.35. The number of hydrogen-bond donors (Lipinski definition) is 1. The third-order valence-electron chi connectivity index (χ3n) is 3.27. The maximum Gasteiger partial charge on any atom is 0.253 e. The van der Waals surface area contributed by atoms with Crippen molar-refractivity contribution in [3.8, 4) is 5.75 Å². The van der Waals surface area contributed by atoms with E-state index in [2.05, 4.69) is 5.32 Å². The molecule has 2 rings (SSSR count). The van der Waals surface area contributed by atoms with Crippen molar-refractivity contribution < 1.29 is 9.53 Å². The molecule has 0 unspecified atom stereocenters. The van der Waals surface area contributed by atoms with Gasteiger partial charge >= 0.3 is 0 Å². The summed E-state index contributed by atoms with van der Waals surface area (Å²) in [6.07, 6.45) is 0. The van der Waals surface area contributed by atoms with Gasteiger partial charge in [0.2, 0.25) is 0 Å².